The Morgan fingerprint density at radius 2 is 2.36 bits per heavy atom. The molecule has 0 spiro atoms. The summed E-state index contributed by atoms with van der Waals surface area (Å²) in [6, 6.07) is 0. The van der Waals surface area contributed by atoms with Crippen LogP contribution in [0.4, 0.5) is 0 Å². The van der Waals surface area contributed by atoms with Gasteiger partial charge in [-0.3, -0.25) is 9.59 Å². The summed E-state index contributed by atoms with van der Waals surface area (Å²) in [5.41, 5.74) is 4.77. The Balaban J connectivity index is 2.84. The van der Waals surface area contributed by atoms with Crippen LogP contribution in [0.5, 0.6) is 0 Å². The first-order valence-electron chi connectivity index (χ1n) is 3.71. The van der Waals surface area contributed by atoms with E-state index in [1.54, 1.807) is 0 Å². The lowest BCUT2D eigenvalue weighted by Gasteiger charge is -1.98. The lowest BCUT2D eigenvalue weighted by Crippen LogP contribution is -2.28. The van der Waals surface area contributed by atoms with E-state index in [0.717, 1.165) is 0 Å². The number of imidazole rings is 1. The number of rotatable bonds is 4. The summed E-state index contributed by atoms with van der Waals surface area (Å²) in [4.78, 5) is 38.0. The first-order chi connectivity index (χ1) is 6.66. The van der Waals surface area contributed by atoms with Crippen LogP contribution in [-0.2, 0) is 4.79 Å². The number of aldehydes is 1. The van der Waals surface area contributed by atoms with Gasteiger partial charge in [0, 0.05) is 0 Å². The van der Waals surface area contributed by atoms with Crippen molar-refractivity contribution < 1.29 is 14.4 Å². The van der Waals surface area contributed by atoms with Crippen molar-refractivity contribution in [3.63, 3.8) is 0 Å². The van der Waals surface area contributed by atoms with Gasteiger partial charge in [0.05, 0.1) is 12.9 Å². The molecule has 14 heavy (non-hydrogen) atoms. The molecular weight excluding hydrogens is 188 g/mol. The Morgan fingerprint density at radius 3 is 2.93 bits per heavy atom. The number of H-pyrrole nitrogens is 1. The number of hydrogen-bond acceptors (Lipinski definition) is 4. The fraction of sp³-hybridized carbons (Fsp3) is 0.143. The highest BCUT2D eigenvalue weighted by Gasteiger charge is 2.17. The van der Waals surface area contributed by atoms with Crippen LogP contribution in [0.25, 0.3) is 0 Å². The molecule has 74 valence electrons. The number of amides is 2. The SMILES string of the molecule is NC(=O)c1nc[nH]c1C(=O)NCC=O. The van der Waals surface area contributed by atoms with Gasteiger partial charge in [-0.15, -0.1) is 0 Å². The van der Waals surface area contributed by atoms with Gasteiger partial charge in [-0.05, 0) is 0 Å². The molecule has 0 saturated heterocycles. The van der Waals surface area contributed by atoms with Gasteiger partial charge < -0.3 is 20.8 Å². The van der Waals surface area contributed by atoms with Crippen LogP contribution in [0.15, 0.2) is 6.33 Å². The summed E-state index contributed by atoms with van der Waals surface area (Å²) in [5.74, 6) is -1.40. The molecule has 1 rings (SSSR count). The molecule has 0 bridgehead atoms. The number of aromatic amines is 1. The van der Waals surface area contributed by atoms with Crippen molar-refractivity contribution in [1.82, 2.24) is 15.3 Å². The highest BCUT2D eigenvalue weighted by Crippen LogP contribution is 2.00. The maximum absolute atomic E-state index is 11.2. The van der Waals surface area contributed by atoms with E-state index in [4.69, 9.17) is 5.73 Å². The average Bonchev–Trinajstić information content (AvgIpc) is 2.62. The Labute approximate surface area is 78.7 Å². The Morgan fingerprint density at radius 1 is 1.64 bits per heavy atom. The molecule has 0 aromatic carbocycles. The van der Waals surface area contributed by atoms with E-state index in [2.05, 4.69) is 15.3 Å². The molecule has 1 aromatic rings. The molecule has 0 atom stereocenters. The zero-order chi connectivity index (χ0) is 10.6. The number of hydrogen-bond donors (Lipinski definition) is 3. The predicted octanol–water partition coefficient (Wildman–Crippen LogP) is -1.56. The van der Waals surface area contributed by atoms with Gasteiger partial charge in [0.2, 0.25) is 0 Å². The van der Waals surface area contributed by atoms with Crippen molar-refractivity contribution in [3.05, 3.63) is 17.7 Å². The van der Waals surface area contributed by atoms with Gasteiger partial charge in [-0.25, -0.2) is 4.98 Å². The van der Waals surface area contributed by atoms with E-state index in [0.29, 0.717) is 6.29 Å². The van der Waals surface area contributed by atoms with Gasteiger partial charge in [-0.1, -0.05) is 0 Å². The summed E-state index contributed by atoms with van der Waals surface area (Å²) in [6.07, 6.45) is 1.70. The monoisotopic (exact) mass is 196 g/mol. The van der Waals surface area contributed by atoms with E-state index >= 15 is 0 Å². The molecular formula is C7H8N4O3. The number of primary amides is 1. The topological polar surface area (TPSA) is 118 Å². The number of nitrogens with one attached hydrogen (secondary N) is 2. The normalized spacial score (nSPS) is 9.43. The van der Waals surface area contributed by atoms with E-state index in [9.17, 15) is 14.4 Å². The van der Waals surface area contributed by atoms with Gasteiger partial charge in [-0.2, -0.15) is 0 Å². The molecule has 0 radical (unpaired) electrons. The maximum atomic E-state index is 11.2. The zero-order valence-corrected chi connectivity index (χ0v) is 7.11. The second kappa shape index (κ2) is 4.17. The van der Waals surface area contributed by atoms with E-state index in [-0.39, 0.29) is 17.9 Å². The second-order valence-electron chi connectivity index (χ2n) is 2.37. The lowest BCUT2D eigenvalue weighted by molar-refractivity contribution is -0.107. The smallest absolute Gasteiger partial charge is 0.270 e. The third-order valence-corrected chi connectivity index (χ3v) is 1.45. The molecule has 0 aliphatic heterocycles. The van der Waals surface area contributed by atoms with Gasteiger partial charge in [0.15, 0.2) is 5.69 Å². The van der Waals surface area contributed by atoms with Crippen molar-refractivity contribution in [2.24, 2.45) is 5.73 Å². The number of aromatic nitrogens is 2. The van der Waals surface area contributed by atoms with Crippen molar-refractivity contribution in [2.45, 2.75) is 0 Å². The summed E-state index contributed by atoms with van der Waals surface area (Å²) in [5, 5.41) is 2.24. The van der Waals surface area contributed by atoms with Crippen LogP contribution in [-0.4, -0.2) is 34.6 Å². The molecule has 0 saturated carbocycles. The number of carbonyl (C=O) groups excluding carboxylic acids is 3. The van der Waals surface area contributed by atoms with Crippen molar-refractivity contribution in [3.8, 4) is 0 Å². The molecule has 1 heterocycles. The minimum absolute atomic E-state index is 0.0423. The Bertz CT molecular complexity index is 371. The largest absolute Gasteiger partial charge is 0.364 e. The highest BCUT2D eigenvalue weighted by atomic mass is 16.2. The molecule has 0 fully saturated rings. The van der Waals surface area contributed by atoms with Crippen LogP contribution >= 0.6 is 0 Å². The average molecular weight is 196 g/mol. The number of nitrogens with two attached hydrogens (primary N) is 1. The lowest BCUT2D eigenvalue weighted by atomic mass is 10.3. The second-order valence-corrected chi connectivity index (χ2v) is 2.37. The van der Waals surface area contributed by atoms with Crippen LogP contribution in [0.1, 0.15) is 21.0 Å². The summed E-state index contributed by atoms with van der Waals surface area (Å²) < 4.78 is 0. The molecule has 4 N–H and O–H groups in total. The quantitative estimate of drug-likeness (QED) is 0.504. The molecule has 7 heteroatoms. The zero-order valence-electron chi connectivity index (χ0n) is 7.11. The van der Waals surface area contributed by atoms with Crippen molar-refractivity contribution in [1.29, 1.82) is 0 Å². The summed E-state index contributed by atoms with van der Waals surface area (Å²) in [7, 11) is 0. The Kier molecular flexibility index (Phi) is 2.95. The van der Waals surface area contributed by atoms with E-state index < -0.39 is 11.8 Å². The van der Waals surface area contributed by atoms with Crippen LogP contribution in [0, 0.1) is 0 Å². The minimum Gasteiger partial charge on any atom is -0.364 e. The van der Waals surface area contributed by atoms with E-state index in [1.807, 2.05) is 0 Å². The molecule has 1 aromatic heterocycles. The van der Waals surface area contributed by atoms with Crippen LogP contribution < -0.4 is 11.1 Å². The van der Waals surface area contributed by atoms with Crippen LogP contribution in [0.3, 0.4) is 0 Å². The fourth-order valence-corrected chi connectivity index (χ4v) is 0.877. The summed E-state index contributed by atoms with van der Waals surface area (Å²) >= 11 is 0. The number of nitrogens with zero attached hydrogens (tertiary/aromatic N) is 1. The maximum Gasteiger partial charge on any atom is 0.270 e. The minimum atomic E-state index is -0.803. The standard InChI is InChI=1S/C7H8N4O3/c8-6(13)4-5(11-3-10-4)7(14)9-1-2-12/h2-3H,1H2,(H2,8,13)(H,9,14)(H,10,11). The fourth-order valence-electron chi connectivity index (χ4n) is 0.877. The third kappa shape index (κ3) is 1.94. The van der Waals surface area contributed by atoms with Gasteiger partial charge in [0.1, 0.15) is 12.0 Å². The summed E-state index contributed by atoms with van der Waals surface area (Å²) in [6.45, 7) is -0.129. The predicted molar refractivity (Wildman–Crippen MR) is 45.5 cm³/mol. The van der Waals surface area contributed by atoms with Gasteiger partial charge in [0.25, 0.3) is 11.8 Å². The van der Waals surface area contributed by atoms with Crippen molar-refractivity contribution >= 4 is 18.1 Å². The van der Waals surface area contributed by atoms with Crippen molar-refractivity contribution in [2.75, 3.05) is 6.54 Å². The first kappa shape index (κ1) is 9.90. The molecule has 0 unspecified atom stereocenters. The highest BCUT2D eigenvalue weighted by molar-refractivity contribution is 6.04. The molecule has 7 nitrogen and oxygen atoms in total. The molecule has 0 aliphatic rings. The van der Waals surface area contributed by atoms with E-state index in [1.165, 1.54) is 6.33 Å². The molecule has 0 aliphatic carbocycles. The molecule has 2 amide bonds. The third-order valence-electron chi connectivity index (χ3n) is 1.45. The number of carbonyl (C=O) groups is 3. The van der Waals surface area contributed by atoms with Gasteiger partial charge >= 0.3 is 0 Å². The first-order valence-corrected chi connectivity index (χ1v) is 3.71. The van der Waals surface area contributed by atoms with Crippen LogP contribution in [0.2, 0.25) is 0 Å². The Hall–Kier alpha value is -2.18.